The van der Waals surface area contributed by atoms with Crippen LogP contribution in [0.5, 0.6) is 0 Å². The van der Waals surface area contributed by atoms with Crippen molar-refractivity contribution in [3.05, 3.63) is 58.4 Å². The maximum absolute atomic E-state index is 13.7. The molecule has 0 saturated heterocycles. The summed E-state index contributed by atoms with van der Waals surface area (Å²) in [6, 6.07) is 4.74. The highest BCUT2D eigenvalue weighted by atomic mass is 35.5. The van der Waals surface area contributed by atoms with Gasteiger partial charge in [0.1, 0.15) is 0 Å². The number of aliphatic hydroxyl groups is 2. The number of halogens is 4. The number of hydrogen-bond donors (Lipinski definition) is 3. The molecule has 0 spiro atoms. The van der Waals surface area contributed by atoms with Crippen LogP contribution in [0.4, 0.5) is 18.9 Å². The van der Waals surface area contributed by atoms with E-state index in [9.17, 15) is 41.4 Å². The molecular weight excluding hydrogens is 573 g/mol. The molecule has 2 bridgehead atoms. The second kappa shape index (κ2) is 11.3. The molecule has 2 aromatic rings. The van der Waals surface area contributed by atoms with Crippen molar-refractivity contribution < 1.29 is 41.4 Å². The Kier molecular flexibility index (Phi) is 8.56. The van der Waals surface area contributed by atoms with Crippen molar-refractivity contribution in [1.82, 2.24) is 4.90 Å². The number of nitrogens with zero attached hydrogens (tertiary/aromatic N) is 1. The second-order valence-corrected chi connectivity index (χ2v) is 13.3. The van der Waals surface area contributed by atoms with Crippen LogP contribution < -0.4 is 5.32 Å². The average molecular weight is 603 g/mol. The van der Waals surface area contributed by atoms with Crippen LogP contribution in [-0.2, 0) is 14.6 Å². The molecule has 2 amide bonds. The van der Waals surface area contributed by atoms with Crippen LogP contribution in [0, 0.1) is 29.3 Å². The zero-order chi connectivity index (χ0) is 29.6. The number of carbonyl (C=O) groups excluding carboxylic acids is 2. The first kappa shape index (κ1) is 30.3. The number of benzene rings is 2. The molecule has 0 aliphatic heterocycles. The van der Waals surface area contributed by atoms with E-state index in [-0.39, 0.29) is 53.0 Å². The van der Waals surface area contributed by atoms with E-state index in [0.29, 0.717) is 25.0 Å². The first-order valence-corrected chi connectivity index (χ1v) is 14.7. The van der Waals surface area contributed by atoms with Crippen molar-refractivity contribution in [2.45, 2.75) is 61.4 Å². The van der Waals surface area contributed by atoms with Gasteiger partial charge < -0.3 is 20.4 Å². The molecule has 2 saturated carbocycles. The van der Waals surface area contributed by atoms with Crippen LogP contribution in [-0.4, -0.2) is 65.4 Å². The number of hydrogen-bond acceptors (Lipinski definition) is 6. The van der Waals surface area contributed by atoms with Gasteiger partial charge >= 0.3 is 0 Å². The lowest BCUT2D eigenvalue weighted by atomic mass is 9.74. The van der Waals surface area contributed by atoms with E-state index in [2.05, 4.69) is 5.32 Å². The molecule has 2 aromatic carbocycles. The van der Waals surface area contributed by atoms with Crippen molar-refractivity contribution in [2.75, 3.05) is 18.4 Å². The van der Waals surface area contributed by atoms with Crippen molar-refractivity contribution in [1.29, 1.82) is 0 Å². The fourth-order valence-corrected chi connectivity index (χ4v) is 8.33. The molecule has 5 atom stereocenters. The van der Waals surface area contributed by atoms with E-state index in [0.717, 1.165) is 6.07 Å². The van der Waals surface area contributed by atoms with Gasteiger partial charge in [-0.2, -0.15) is 0 Å². The molecule has 218 valence electrons. The standard InChI is InChI=1S/C27H30ClF3N2O6S/c1-14(34)12-33(15(2)35)13-27(37)17-4-5-18(27)9-20(8-17)40(38,39)24-7-16(3-6-21(24)28)26(36)32-19-10-22(29)25(31)23(30)11-19/h3,6-7,10-11,14,17-18,20,34,37H,4-5,8-9,12-13H2,1-2H3,(H,32,36)/t14-,17-,18?,20-,27-/m0/s1. The van der Waals surface area contributed by atoms with Crippen LogP contribution in [0.1, 0.15) is 49.9 Å². The van der Waals surface area contributed by atoms with Gasteiger partial charge in [0.15, 0.2) is 27.3 Å². The van der Waals surface area contributed by atoms with Crippen molar-refractivity contribution in [3.63, 3.8) is 0 Å². The predicted molar refractivity (Wildman–Crippen MR) is 141 cm³/mol. The fraction of sp³-hybridized carbons (Fsp3) is 0.481. The Labute approximate surface area is 235 Å². The van der Waals surface area contributed by atoms with Gasteiger partial charge in [-0.15, -0.1) is 0 Å². The van der Waals surface area contributed by atoms with E-state index < -0.39 is 62.0 Å². The number of anilines is 1. The number of fused-ring (bicyclic) bond motifs is 2. The quantitative estimate of drug-likeness (QED) is 0.394. The normalized spacial score (nSPS) is 24.9. The van der Waals surface area contributed by atoms with Gasteiger partial charge in [-0.05, 0) is 62.6 Å². The monoisotopic (exact) mass is 602 g/mol. The number of carbonyl (C=O) groups is 2. The number of amides is 2. The van der Waals surface area contributed by atoms with Gasteiger partial charge in [0, 0.05) is 36.9 Å². The summed E-state index contributed by atoms with van der Waals surface area (Å²) in [6.07, 6.45) is 0.547. The topological polar surface area (TPSA) is 124 Å². The lowest BCUT2D eigenvalue weighted by Crippen LogP contribution is -2.56. The van der Waals surface area contributed by atoms with E-state index in [1.165, 1.54) is 30.9 Å². The number of nitrogens with one attached hydrogen (secondary N) is 1. The largest absolute Gasteiger partial charge is 0.392 e. The third-order valence-corrected chi connectivity index (χ3v) is 10.6. The maximum atomic E-state index is 13.7. The molecule has 3 N–H and O–H groups in total. The minimum absolute atomic E-state index is 0.0175. The van der Waals surface area contributed by atoms with E-state index in [1.54, 1.807) is 0 Å². The molecule has 13 heteroatoms. The molecule has 2 fully saturated rings. The molecule has 0 radical (unpaired) electrons. The van der Waals surface area contributed by atoms with Gasteiger partial charge in [-0.25, -0.2) is 21.6 Å². The summed E-state index contributed by atoms with van der Waals surface area (Å²) >= 11 is 6.25. The summed E-state index contributed by atoms with van der Waals surface area (Å²) < 4.78 is 67.8. The molecule has 2 aliphatic rings. The molecule has 8 nitrogen and oxygen atoms in total. The minimum atomic E-state index is -4.09. The number of rotatable bonds is 8. The average Bonchev–Trinajstić information content (AvgIpc) is 3.02. The summed E-state index contributed by atoms with van der Waals surface area (Å²) in [6.45, 7) is 2.90. The van der Waals surface area contributed by atoms with Crippen LogP contribution >= 0.6 is 11.6 Å². The van der Waals surface area contributed by atoms with Crippen LogP contribution in [0.2, 0.25) is 5.02 Å². The summed E-state index contributed by atoms with van der Waals surface area (Å²) in [4.78, 5) is 26.0. The Morgan fingerprint density at radius 3 is 2.23 bits per heavy atom. The smallest absolute Gasteiger partial charge is 0.255 e. The minimum Gasteiger partial charge on any atom is -0.392 e. The molecular formula is C27H30ClF3N2O6S. The molecule has 40 heavy (non-hydrogen) atoms. The van der Waals surface area contributed by atoms with Gasteiger partial charge in [-0.3, -0.25) is 9.59 Å². The maximum Gasteiger partial charge on any atom is 0.255 e. The Morgan fingerprint density at radius 1 is 1.12 bits per heavy atom. The highest BCUT2D eigenvalue weighted by Gasteiger charge is 2.56. The molecule has 2 aliphatic carbocycles. The molecule has 4 rings (SSSR count). The first-order chi connectivity index (χ1) is 18.6. The van der Waals surface area contributed by atoms with Crippen molar-refractivity contribution in [2.24, 2.45) is 11.8 Å². The van der Waals surface area contributed by atoms with Crippen LogP contribution in [0.3, 0.4) is 0 Å². The van der Waals surface area contributed by atoms with E-state index in [4.69, 9.17) is 11.6 Å². The van der Waals surface area contributed by atoms with Gasteiger partial charge in [0.2, 0.25) is 5.91 Å². The van der Waals surface area contributed by atoms with Gasteiger partial charge in [-0.1, -0.05) is 11.6 Å². The van der Waals surface area contributed by atoms with Crippen LogP contribution in [0.15, 0.2) is 35.2 Å². The second-order valence-electron chi connectivity index (χ2n) is 10.7. The molecule has 0 heterocycles. The van der Waals surface area contributed by atoms with Crippen LogP contribution in [0.25, 0.3) is 0 Å². The predicted octanol–water partition coefficient (Wildman–Crippen LogP) is 3.93. The lowest BCUT2D eigenvalue weighted by molar-refractivity contribution is -0.139. The molecule has 1 unspecified atom stereocenters. The number of sulfone groups is 1. The summed E-state index contributed by atoms with van der Waals surface area (Å²) in [7, 11) is -4.09. The van der Waals surface area contributed by atoms with Gasteiger partial charge in [0.05, 0.1) is 33.4 Å². The Morgan fingerprint density at radius 2 is 1.70 bits per heavy atom. The SMILES string of the molecule is CC(=O)N(C[C@H](C)O)C[C@@]1(O)C2CC[C@H]1C[C@H](S(=O)(=O)c1cc(C(=O)Nc3cc(F)c(F)c(F)c3)ccc1Cl)C2. The Bertz CT molecular complexity index is 1400. The third-order valence-electron chi connectivity index (χ3n) is 7.93. The van der Waals surface area contributed by atoms with E-state index >= 15 is 0 Å². The zero-order valence-corrected chi connectivity index (χ0v) is 23.4. The zero-order valence-electron chi connectivity index (χ0n) is 21.8. The number of aliphatic hydroxyl groups excluding tert-OH is 1. The summed E-state index contributed by atoms with van der Waals surface area (Å²) in [5.41, 5.74) is -1.82. The van der Waals surface area contributed by atoms with Gasteiger partial charge in [0.25, 0.3) is 5.91 Å². The highest BCUT2D eigenvalue weighted by molar-refractivity contribution is 7.92. The Hall–Kier alpha value is -2.67. The first-order valence-electron chi connectivity index (χ1n) is 12.8. The van der Waals surface area contributed by atoms with Crippen molar-refractivity contribution >= 4 is 38.9 Å². The lowest BCUT2D eigenvalue weighted by Gasteiger charge is -2.45. The van der Waals surface area contributed by atoms with Crippen molar-refractivity contribution in [3.8, 4) is 0 Å². The fourth-order valence-electron chi connectivity index (χ4n) is 5.92. The molecule has 0 aromatic heterocycles. The highest BCUT2D eigenvalue weighted by Crippen LogP contribution is 2.52. The Balaban J connectivity index is 1.56. The van der Waals surface area contributed by atoms with E-state index in [1.807, 2.05) is 0 Å². The third kappa shape index (κ3) is 5.86. The summed E-state index contributed by atoms with van der Waals surface area (Å²) in [5, 5.41) is 22.5. The summed E-state index contributed by atoms with van der Waals surface area (Å²) in [5.74, 6) is -6.73.